The van der Waals surface area contributed by atoms with E-state index < -0.39 is 5.97 Å². The van der Waals surface area contributed by atoms with Crippen LogP contribution in [-0.4, -0.2) is 40.7 Å². The molecular weight excluding hydrogens is 248 g/mol. The molecule has 0 radical (unpaired) electrons. The Morgan fingerprint density at radius 3 is 3.06 bits per heavy atom. The van der Waals surface area contributed by atoms with E-state index in [-0.39, 0.29) is 5.69 Å². The number of carbonyl (C=O) groups is 1. The fourth-order valence-corrected chi connectivity index (χ4v) is 2.95. The monoisotopic (exact) mass is 266 g/mol. The van der Waals surface area contributed by atoms with Crippen LogP contribution in [0.15, 0.2) is 18.2 Å². The summed E-state index contributed by atoms with van der Waals surface area (Å²) in [7, 11) is 0. The lowest BCUT2D eigenvalue weighted by atomic mass is 10.2. The van der Waals surface area contributed by atoms with Gasteiger partial charge < -0.3 is 10.0 Å². The lowest BCUT2D eigenvalue weighted by Crippen LogP contribution is -2.30. The zero-order chi connectivity index (χ0) is 13.0. The molecule has 1 aliphatic heterocycles. The number of thioether (sulfide) groups is 1. The van der Waals surface area contributed by atoms with E-state index in [2.05, 4.69) is 16.1 Å². The van der Waals surface area contributed by atoms with Crippen molar-refractivity contribution >= 4 is 23.5 Å². The first-order valence-electron chi connectivity index (χ1n) is 6.19. The van der Waals surface area contributed by atoms with Gasteiger partial charge in [-0.05, 0) is 31.2 Å². The van der Waals surface area contributed by atoms with Gasteiger partial charge in [0.05, 0.1) is 0 Å². The minimum absolute atomic E-state index is 0.123. The lowest BCUT2D eigenvalue weighted by Gasteiger charge is -2.24. The number of pyridine rings is 1. The number of aromatic nitrogens is 1. The van der Waals surface area contributed by atoms with E-state index in [1.165, 1.54) is 18.9 Å². The molecule has 98 valence electrons. The predicted octanol–water partition coefficient (Wildman–Crippen LogP) is 2.50. The van der Waals surface area contributed by atoms with Crippen molar-refractivity contribution in [1.29, 1.82) is 0 Å². The predicted molar refractivity (Wildman–Crippen MR) is 74.6 cm³/mol. The smallest absolute Gasteiger partial charge is 0.354 e. The third-order valence-corrected chi connectivity index (χ3v) is 4.29. The second kappa shape index (κ2) is 6.09. The summed E-state index contributed by atoms with van der Waals surface area (Å²) in [4.78, 5) is 17.4. The summed E-state index contributed by atoms with van der Waals surface area (Å²) >= 11 is 1.88. The second-order valence-electron chi connectivity index (χ2n) is 4.49. The van der Waals surface area contributed by atoms with Crippen LogP contribution < -0.4 is 4.90 Å². The van der Waals surface area contributed by atoms with Crippen LogP contribution >= 0.6 is 11.8 Å². The van der Waals surface area contributed by atoms with Crippen molar-refractivity contribution in [1.82, 2.24) is 4.98 Å². The quantitative estimate of drug-likeness (QED) is 0.911. The maximum absolute atomic E-state index is 10.9. The molecule has 4 nitrogen and oxygen atoms in total. The molecule has 0 amide bonds. The molecule has 0 bridgehead atoms. The summed E-state index contributed by atoms with van der Waals surface area (Å²) in [6.45, 7) is 1.92. The Labute approximate surface area is 111 Å². The molecule has 1 fully saturated rings. The van der Waals surface area contributed by atoms with Gasteiger partial charge in [-0.15, -0.1) is 0 Å². The molecular formula is C13H18N2O2S. The van der Waals surface area contributed by atoms with E-state index in [4.69, 9.17) is 5.11 Å². The number of hydrogen-bond acceptors (Lipinski definition) is 4. The fourth-order valence-electron chi connectivity index (χ4n) is 2.22. The van der Waals surface area contributed by atoms with Gasteiger partial charge in [-0.1, -0.05) is 12.5 Å². The average Bonchev–Trinajstić information content (AvgIpc) is 2.64. The molecule has 1 saturated heterocycles. The Morgan fingerprint density at radius 1 is 1.50 bits per heavy atom. The van der Waals surface area contributed by atoms with E-state index in [9.17, 15) is 4.79 Å². The third kappa shape index (κ3) is 3.16. The molecule has 1 aromatic heterocycles. The highest BCUT2D eigenvalue weighted by Crippen LogP contribution is 2.23. The summed E-state index contributed by atoms with van der Waals surface area (Å²) in [5.41, 5.74) is 0.123. The first kappa shape index (κ1) is 13.2. The number of carboxylic acid groups (broad SMARTS) is 1. The number of nitrogens with zero attached hydrogens (tertiary/aromatic N) is 2. The molecule has 1 unspecified atom stereocenters. The van der Waals surface area contributed by atoms with Gasteiger partial charge >= 0.3 is 5.97 Å². The summed E-state index contributed by atoms with van der Waals surface area (Å²) < 4.78 is 0. The zero-order valence-electron chi connectivity index (χ0n) is 10.5. The molecule has 2 rings (SSSR count). The van der Waals surface area contributed by atoms with Crippen LogP contribution in [0.4, 0.5) is 5.82 Å². The molecule has 0 aliphatic carbocycles. The van der Waals surface area contributed by atoms with Gasteiger partial charge in [-0.25, -0.2) is 9.78 Å². The van der Waals surface area contributed by atoms with Crippen LogP contribution in [0, 0.1) is 0 Å². The second-order valence-corrected chi connectivity index (χ2v) is 5.62. The molecule has 1 aliphatic rings. The molecule has 1 N–H and O–H groups in total. The number of aromatic carboxylic acids is 1. The van der Waals surface area contributed by atoms with Crippen molar-refractivity contribution in [2.45, 2.75) is 24.5 Å². The Balaban J connectivity index is 2.18. The highest BCUT2D eigenvalue weighted by atomic mass is 32.2. The number of rotatable bonds is 3. The minimum atomic E-state index is -0.965. The summed E-state index contributed by atoms with van der Waals surface area (Å²) in [6.07, 6.45) is 5.75. The van der Waals surface area contributed by atoms with Crippen LogP contribution in [-0.2, 0) is 0 Å². The maximum atomic E-state index is 10.9. The molecule has 1 atom stereocenters. The standard InChI is InChI=1S/C13H18N2O2S/c1-18-10-5-2-3-8-15(9-10)12-7-4-6-11(14-12)13(16)17/h4,6-7,10H,2-3,5,8-9H2,1H3,(H,16,17). The Hall–Kier alpha value is -1.23. The van der Waals surface area contributed by atoms with Gasteiger partial charge in [-0.2, -0.15) is 11.8 Å². The van der Waals surface area contributed by atoms with Crippen molar-refractivity contribution in [2.24, 2.45) is 0 Å². The van der Waals surface area contributed by atoms with Crippen molar-refractivity contribution in [3.8, 4) is 0 Å². The van der Waals surface area contributed by atoms with Crippen molar-refractivity contribution in [3.05, 3.63) is 23.9 Å². The summed E-state index contributed by atoms with van der Waals surface area (Å²) in [5.74, 6) is -0.177. The molecule has 0 aromatic carbocycles. The van der Waals surface area contributed by atoms with E-state index in [0.717, 1.165) is 25.3 Å². The maximum Gasteiger partial charge on any atom is 0.354 e. The fraction of sp³-hybridized carbons (Fsp3) is 0.538. The van der Waals surface area contributed by atoms with E-state index >= 15 is 0 Å². The van der Waals surface area contributed by atoms with Crippen LogP contribution in [0.5, 0.6) is 0 Å². The molecule has 5 heteroatoms. The normalized spacial score (nSPS) is 20.5. The largest absolute Gasteiger partial charge is 0.477 e. The molecule has 2 heterocycles. The topological polar surface area (TPSA) is 53.4 Å². The number of hydrogen-bond donors (Lipinski definition) is 1. The van der Waals surface area contributed by atoms with E-state index in [1.807, 2.05) is 17.8 Å². The summed E-state index contributed by atoms with van der Waals surface area (Å²) in [6, 6.07) is 5.20. The Morgan fingerprint density at radius 2 is 2.33 bits per heavy atom. The number of anilines is 1. The van der Waals surface area contributed by atoms with E-state index in [0.29, 0.717) is 5.25 Å². The molecule has 18 heavy (non-hydrogen) atoms. The minimum Gasteiger partial charge on any atom is -0.477 e. The molecule has 0 saturated carbocycles. The van der Waals surface area contributed by atoms with Gasteiger partial charge in [0.1, 0.15) is 5.82 Å². The van der Waals surface area contributed by atoms with E-state index in [1.54, 1.807) is 6.07 Å². The highest BCUT2D eigenvalue weighted by Gasteiger charge is 2.19. The van der Waals surface area contributed by atoms with Gasteiger partial charge in [-0.3, -0.25) is 0 Å². The van der Waals surface area contributed by atoms with Crippen molar-refractivity contribution in [2.75, 3.05) is 24.2 Å². The Bertz CT molecular complexity index is 425. The van der Waals surface area contributed by atoms with Gasteiger partial charge in [0.15, 0.2) is 5.69 Å². The van der Waals surface area contributed by atoms with Gasteiger partial charge in [0.2, 0.25) is 0 Å². The molecule has 1 aromatic rings. The van der Waals surface area contributed by atoms with Crippen LogP contribution in [0.25, 0.3) is 0 Å². The average molecular weight is 266 g/mol. The highest BCUT2D eigenvalue weighted by molar-refractivity contribution is 7.99. The van der Waals surface area contributed by atoms with Gasteiger partial charge in [0.25, 0.3) is 0 Å². The van der Waals surface area contributed by atoms with Crippen LogP contribution in [0.3, 0.4) is 0 Å². The first-order valence-corrected chi connectivity index (χ1v) is 7.47. The SMILES string of the molecule is CSC1CCCCN(c2cccc(C(=O)O)n2)C1. The zero-order valence-corrected chi connectivity index (χ0v) is 11.3. The summed E-state index contributed by atoms with van der Waals surface area (Å²) in [5, 5.41) is 9.59. The lowest BCUT2D eigenvalue weighted by molar-refractivity contribution is 0.0690. The molecule has 0 spiro atoms. The van der Waals surface area contributed by atoms with Gasteiger partial charge in [0, 0.05) is 18.3 Å². The van der Waals surface area contributed by atoms with Crippen LogP contribution in [0.1, 0.15) is 29.8 Å². The Kier molecular flexibility index (Phi) is 4.47. The van der Waals surface area contributed by atoms with Crippen molar-refractivity contribution < 1.29 is 9.90 Å². The number of carboxylic acids is 1. The van der Waals surface area contributed by atoms with Crippen LogP contribution in [0.2, 0.25) is 0 Å². The third-order valence-electron chi connectivity index (χ3n) is 3.24. The van der Waals surface area contributed by atoms with Crippen molar-refractivity contribution in [3.63, 3.8) is 0 Å². The first-order chi connectivity index (χ1) is 8.70.